The van der Waals surface area contributed by atoms with Crippen molar-refractivity contribution >= 4 is 28.4 Å². The van der Waals surface area contributed by atoms with Gasteiger partial charge in [-0.25, -0.2) is 0 Å². The number of hydrogen-bond donors (Lipinski definition) is 3. The summed E-state index contributed by atoms with van der Waals surface area (Å²) >= 11 is 0. The first kappa shape index (κ1) is 16.2. The third-order valence-corrected chi connectivity index (χ3v) is 4.49. The lowest BCUT2D eigenvalue weighted by Gasteiger charge is -2.23. The van der Waals surface area contributed by atoms with Crippen LogP contribution in [0.5, 0.6) is 5.75 Å². The van der Waals surface area contributed by atoms with Crippen molar-refractivity contribution in [2.24, 2.45) is 0 Å². The fraction of sp³-hybridized carbons (Fsp3) is 0.200. The number of amides is 2. The molecular formula is C20H19N3O3. The van der Waals surface area contributed by atoms with E-state index in [4.69, 9.17) is 4.74 Å². The van der Waals surface area contributed by atoms with Gasteiger partial charge in [-0.1, -0.05) is 24.3 Å². The van der Waals surface area contributed by atoms with Gasteiger partial charge in [-0.3, -0.25) is 9.59 Å². The number of rotatable bonds is 4. The number of carbonyl (C=O) groups excluding carboxylic acids is 2. The van der Waals surface area contributed by atoms with Gasteiger partial charge >= 0.3 is 0 Å². The number of ether oxygens (including phenoxy) is 1. The molecular weight excluding hydrogens is 330 g/mol. The van der Waals surface area contributed by atoms with Crippen LogP contribution in [0.15, 0.2) is 48.7 Å². The Morgan fingerprint density at radius 3 is 2.96 bits per heavy atom. The van der Waals surface area contributed by atoms with E-state index in [2.05, 4.69) is 15.6 Å². The number of nitrogens with one attached hydrogen (secondary N) is 3. The molecule has 0 saturated carbocycles. The van der Waals surface area contributed by atoms with E-state index in [-0.39, 0.29) is 11.8 Å². The lowest BCUT2D eigenvalue weighted by Crippen LogP contribution is -2.34. The highest BCUT2D eigenvalue weighted by molar-refractivity contribution is 5.97. The van der Waals surface area contributed by atoms with Gasteiger partial charge in [0.05, 0.1) is 12.1 Å². The second-order valence-corrected chi connectivity index (χ2v) is 6.39. The van der Waals surface area contributed by atoms with Crippen molar-refractivity contribution in [3.8, 4) is 5.75 Å². The van der Waals surface area contributed by atoms with Gasteiger partial charge in [0.1, 0.15) is 5.75 Å². The summed E-state index contributed by atoms with van der Waals surface area (Å²) in [6.07, 6.45) is 1.69. The van der Waals surface area contributed by atoms with Crippen molar-refractivity contribution in [3.05, 3.63) is 59.8 Å². The van der Waals surface area contributed by atoms with E-state index < -0.39 is 6.10 Å². The van der Waals surface area contributed by atoms with E-state index in [1.165, 1.54) is 0 Å². The van der Waals surface area contributed by atoms with Crippen molar-refractivity contribution < 1.29 is 14.3 Å². The Hall–Kier alpha value is -3.28. The molecule has 0 radical (unpaired) electrons. The number of carbonyl (C=O) groups is 2. The molecule has 0 spiro atoms. The van der Waals surface area contributed by atoms with E-state index in [1.54, 1.807) is 6.92 Å². The molecule has 1 aliphatic rings. The van der Waals surface area contributed by atoms with Crippen molar-refractivity contribution in [2.45, 2.75) is 26.0 Å². The fourth-order valence-electron chi connectivity index (χ4n) is 3.08. The molecule has 2 heterocycles. The minimum Gasteiger partial charge on any atom is -0.479 e. The highest BCUT2D eigenvalue weighted by Gasteiger charge is 2.23. The summed E-state index contributed by atoms with van der Waals surface area (Å²) in [5.74, 6) is 0.422. The van der Waals surface area contributed by atoms with E-state index >= 15 is 0 Å². The van der Waals surface area contributed by atoms with Crippen LogP contribution >= 0.6 is 0 Å². The van der Waals surface area contributed by atoms with Gasteiger partial charge in [0.25, 0.3) is 5.91 Å². The van der Waals surface area contributed by atoms with Crippen LogP contribution in [-0.2, 0) is 22.6 Å². The molecule has 2 amide bonds. The summed E-state index contributed by atoms with van der Waals surface area (Å²) in [6, 6.07) is 13.4. The summed E-state index contributed by atoms with van der Waals surface area (Å²) in [4.78, 5) is 27.2. The molecule has 26 heavy (non-hydrogen) atoms. The minimum atomic E-state index is -0.496. The molecule has 1 aromatic heterocycles. The molecule has 1 unspecified atom stereocenters. The van der Waals surface area contributed by atoms with Crippen LogP contribution in [0.2, 0.25) is 0 Å². The summed E-state index contributed by atoms with van der Waals surface area (Å²) in [5.41, 5.74) is 3.53. The molecule has 2 aromatic carbocycles. The minimum absolute atomic E-state index is 0.0543. The predicted octanol–water partition coefficient (Wildman–Crippen LogP) is 2.75. The Labute approximate surface area is 150 Å². The average Bonchev–Trinajstić information content (AvgIpc) is 3.04. The zero-order valence-corrected chi connectivity index (χ0v) is 14.3. The molecule has 3 N–H and O–H groups in total. The molecule has 132 valence electrons. The topological polar surface area (TPSA) is 83.2 Å². The Morgan fingerprint density at radius 1 is 1.23 bits per heavy atom. The Morgan fingerprint density at radius 2 is 2.08 bits per heavy atom. The standard InChI is InChI=1S/C20H19N3O3/c1-12-20(25)23-17-8-13(6-7-18(17)26-12)10-22-19(24)9-14-11-21-16-5-3-2-4-15(14)16/h2-8,11-12,21H,9-10H2,1H3,(H,22,24)(H,23,25). The van der Waals surface area contributed by atoms with Crippen molar-refractivity contribution in [3.63, 3.8) is 0 Å². The lowest BCUT2D eigenvalue weighted by molar-refractivity contribution is -0.123. The Bertz CT molecular complexity index is 993. The molecule has 0 saturated heterocycles. The number of hydrogen-bond acceptors (Lipinski definition) is 3. The predicted molar refractivity (Wildman–Crippen MR) is 99.0 cm³/mol. The number of H-pyrrole nitrogens is 1. The maximum atomic E-state index is 12.3. The molecule has 0 fully saturated rings. The van der Waals surface area contributed by atoms with E-state index in [9.17, 15) is 9.59 Å². The van der Waals surface area contributed by atoms with Crippen LogP contribution in [-0.4, -0.2) is 22.9 Å². The van der Waals surface area contributed by atoms with Crippen LogP contribution < -0.4 is 15.4 Å². The number of aromatic nitrogens is 1. The Balaban J connectivity index is 1.40. The first-order valence-electron chi connectivity index (χ1n) is 8.52. The van der Waals surface area contributed by atoms with E-state index in [0.29, 0.717) is 24.4 Å². The van der Waals surface area contributed by atoms with Gasteiger partial charge in [-0.2, -0.15) is 0 Å². The van der Waals surface area contributed by atoms with Crippen LogP contribution in [0.3, 0.4) is 0 Å². The van der Waals surface area contributed by atoms with Gasteiger partial charge in [-0.15, -0.1) is 0 Å². The van der Waals surface area contributed by atoms with Gasteiger partial charge in [0.15, 0.2) is 6.10 Å². The van der Waals surface area contributed by atoms with Gasteiger partial charge in [-0.05, 0) is 36.2 Å². The Kier molecular flexibility index (Phi) is 4.08. The first-order valence-corrected chi connectivity index (χ1v) is 8.52. The van der Waals surface area contributed by atoms with Crippen LogP contribution in [0.1, 0.15) is 18.1 Å². The maximum Gasteiger partial charge on any atom is 0.265 e. The molecule has 0 aliphatic carbocycles. The largest absolute Gasteiger partial charge is 0.479 e. The van der Waals surface area contributed by atoms with Crippen LogP contribution in [0.4, 0.5) is 5.69 Å². The highest BCUT2D eigenvalue weighted by atomic mass is 16.5. The number of para-hydroxylation sites is 1. The monoisotopic (exact) mass is 349 g/mol. The third kappa shape index (κ3) is 3.13. The molecule has 6 heteroatoms. The van der Waals surface area contributed by atoms with Crippen LogP contribution in [0, 0.1) is 0 Å². The zero-order valence-electron chi connectivity index (χ0n) is 14.3. The molecule has 1 aliphatic heterocycles. The SMILES string of the molecule is CC1Oc2ccc(CNC(=O)Cc3c[nH]c4ccccc34)cc2NC1=O. The molecule has 4 rings (SSSR count). The first-order chi connectivity index (χ1) is 12.6. The fourth-order valence-corrected chi connectivity index (χ4v) is 3.08. The normalized spacial score (nSPS) is 15.9. The zero-order chi connectivity index (χ0) is 18.1. The molecule has 1 atom stereocenters. The summed E-state index contributed by atoms with van der Waals surface area (Å²) < 4.78 is 5.53. The maximum absolute atomic E-state index is 12.3. The third-order valence-electron chi connectivity index (χ3n) is 4.49. The number of anilines is 1. The van der Waals surface area contributed by atoms with Crippen molar-refractivity contribution in [2.75, 3.05) is 5.32 Å². The molecule has 6 nitrogen and oxygen atoms in total. The van der Waals surface area contributed by atoms with Gasteiger partial charge < -0.3 is 20.4 Å². The van der Waals surface area contributed by atoms with Gasteiger partial charge in [0.2, 0.25) is 5.91 Å². The smallest absolute Gasteiger partial charge is 0.265 e. The second kappa shape index (κ2) is 6.55. The van der Waals surface area contributed by atoms with E-state index in [1.807, 2.05) is 48.7 Å². The highest BCUT2D eigenvalue weighted by Crippen LogP contribution is 2.30. The van der Waals surface area contributed by atoms with Crippen molar-refractivity contribution in [1.29, 1.82) is 0 Å². The van der Waals surface area contributed by atoms with E-state index in [0.717, 1.165) is 22.0 Å². The van der Waals surface area contributed by atoms with Gasteiger partial charge in [0, 0.05) is 23.6 Å². The quantitative estimate of drug-likeness (QED) is 0.677. The second-order valence-electron chi connectivity index (χ2n) is 6.39. The average molecular weight is 349 g/mol. The van der Waals surface area contributed by atoms with Crippen molar-refractivity contribution in [1.82, 2.24) is 10.3 Å². The molecule has 3 aromatic rings. The molecule has 0 bridgehead atoms. The van der Waals surface area contributed by atoms with Crippen LogP contribution in [0.25, 0.3) is 10.9 Å². The summed E-state index contributed by atoms with van der Waals surface area (Å²) in [5, 5.41) is 6.80. The number of aromatic amines is 1. The number of benzene rings is 2. The summed E-state index contributed by atoms with van der Waals surface area (Å²) in [7, 11) is 0. The lowest BCUT2D eigenvalue weighted by atomic mass is 10.1. The number of fused-ring (bicyclic) bond motifs is 2. The summed E-state index contributed by atoms with van der Waals surface area (Å²) in [6.45, 7) is 2.09.